The maximum Gasteiger partial charge on any atom is 0.155 e. The average molecular weight is 320 g/mol. The summed E-state index contributed by atoms with van der Waals surface area (Å²) in [6, 6.07) is 5.51. The molecule has 2 N–H and O–H groups in total. The summed E-state index contributed by atoms with van der Waals surface area (Å²) in [7, 11) is -3.09. The van der Waals surface area contributed by atoms with Crippen molar-refractivity contribution in [2.24, 2.45) is 5.73 Å². The van der Waals surface area contributed by atoms with E-state index in [-0.39, 0.29) is 18.4 Å². The predicted molar refractivity (Wildman–Crippen MR) is 83.2 cm³/mol. The molecule has 0 aliphatic rings. The van der Waals surface area contributed by atoms with Crippen LogP contribution in [0.5, 0.6) is 5.75 Å². The molecule has 0 saturated carbocycles. The van der Waals surface area contributed by atoms with Crippen LogP contribution in [-0.4, -0.2) is 32.1 Å². The zero-order valence-corrected chi connectivity index (χ0v) is 13.7. The highest BCUT2D eigenvalue weighted by Gasteiger charge is 2.16. The van der Waals surface area contributed by atoms with Crippen molar-refractivity contribution in [1.82, 2.24) is 0 Å². The van der Waals surface area contributed by atoms with Gasteiger partial charge in [-0.15, -0.1) is 0 Å². The molecule has 1 unspecified atom stereocenters. The van der Waals surface area contributed by atoms with Crippen molar-refractivity contribution >= 4 is 21.4 Å². The van der Waals surface area contributed by atoms with Crippen molar-refractivity contribution in [3.05, 3.63) is 28.8 Å². The van der Waals surface area contributed by atoms with Crippen molar-refractivity contribution in [1.29, 1.82) is 0 Å². The number of hydrogen-bond acceptors (Lipinski definition) is 4. The maximum atomic E-state index is 11.7. The van der Waals surface area contributed by atoms with Crippen molar-refractivity contribution in [3.63, 3.8) is 0 Å². The second-order valence-corrected chi connectivity index (χ2v) is 8.29. The second kappa shape index (κ2) is 7.29. The van der Waals surface area contributed by atoms with Crippen LogP contribution in [0.25, 0.3) is 0 Å². The van der Waals surface area contributed by atoms with Crippen LogP contribution in [0.2, 0.25) is 5.02 Å². The van der Waals surface area contributed by atoms with Crippen LogP contribution >= 0.6 is 11.6 Å². The summed E-state index contributed by atoms with van der Waals surface area (Å²) in [5.74, 6) is 0.488. The quantitative estimate of drug-likeness (QED) is 0.838. The first-order valence-corrected chi connectivity index (χ1v) is 8.70. The molecule has 0 heterocycles. The van der Waals surface area contributed by atoms with Gasteiger partial charge in [-0.2, -0.15) is 0 Å². The van der Waals surface area contributed by atoms with Gasteiger partial charge in [0, 0.05) is 6.04 Å². The minimum absolute atomic E-state index is 0.0113. The van der Waals surface area contributed by atoms with Gasteiger partial charge in [-0.25, -0.2) is 8.42 Å². The third kappa shape index (κ3) is 5.31. The van der Waals surface area contributed by atoms with E-state index in [4.69, 9.17) is 22.1 Å². The molecule has 0 aliphatic carbocycles. The fraction of sp³-hybridized carbons (Fsp3) is 0.571. The molecule has 1 atom stereocenters. The lowest BCUT2D eigenvalue weighted by Crippen LogP contribution is -2.22. The van der Waals surface area contributed by atoms with E-state index in [0.717, 1.165) is 12.0 Å². The highest BCUT2D eigenvalue weighted by Crippen LogP contribution is 2.26. The number of rotatable bonds is 7. The highest BCUT2D eigenvalue weighted by molar-refractivity contribution is 7.91. The number of sulfone groups is 1. The minimum atomic E-state index is -3.09. The van der Waals surface area contributed by atoms with Gasteiger partial charge in [0.25, 0.3) is 0 Å². The highest BCUT2D eigenvalue weighted by atomic mass is 35.5. The first-order valence-electron chi connectivity index (χ1n) is 6.60. The Bertz CT molecular complexity index is 541. The van der Waals surface area contributed by atoms with Gasteiger partial charge >= 0.3 is 0 Å². The van der Waals surface area contributed by atoms with Gasteiger partial charge in [-0.3, -0.25) is 0 Å². The smallest absolute Gasteiger partial charge is 0.155 e. The summed E-state index contributed by atoms with van der Waals surface area (Å²) in [4.78, 5) is 0. The molecule has 4 nitrogen and oxygen atoms in total. The van der Waals surface area contributed by atoms with E-state index in [0.29, 0.717) is 10.8 Å². The third-order valence-electron chi connectivity index (χ3n) is 2.90. The Morgan fingerprint density at radius 2 is 1.95 bits per heavy atom. The molecule has 20 heavy (non-hydrogen) atoms. The monoisotopic (exact) mass is 319 g/mol. The normalized spacial score (nSPS) is 13.5. The number of halogens is 1. The molecule has 0 saturated heterocycles. The van der Waals surface area contributed by atoms with Crippen LogP contribution in [-0.2, 0) is 16.3 Å². The van der Waals surface area contributed by atoms with Crippen molar-refractivity contribution in [2.75, 3.05) is 12.4 Å². The van der Waals surface area contributed by atoms with E-state index in [2.05, 4.69) is 0 Å². The molecule has 0 amide bonds. The molecule has 1 aromatic carbocycles. The van der Waals surface area contributed by atoms with E-state index in [9.17, 15) is 8.42 Å². The molecule has 0 fully saturated rings. The molecule has 0 spiro atoms. The topological polar surface area (TPSA) is 69.4 Å². The number of hydrogen-bond donors (Lipinski definition) is 1. The van der Waals surface area contributed by atoms with E-state index in [1.54, 1.807) is 26.0 Å². The minimum Gasteiger partial charge on any atom is -0.491 e. The number of ether oxygens (including phenoxy) is 1. The van der Waals surface area contributed by atoms with E-state index < -0.39 is 15.1 Å². The van der Waals surface area contributed by atoms with E-state index in [1.165, 1.54) is 0 Å². The molecule has 114 valence electrons. The van der Waals surface area contributed by atoms with Crippen LogP contribution in [0.4, 0.5) is 0 Å². The Morgan fingerprint density at radius 1 is 1.30 bits per heavy atom. The Morgan fingerprint density at radius 3 is 2.45 bits per heavy atom. The zero-order valence-electron chi connectivity index (χ0n) is 12.1. The summed E-state index contributed by atoms with van der Waals surface area (Å²) in [6.07, 6.45) is 0.738. The van der Waals surface area contributed by atoms with E-state index >= 15 is 0 Å². The molecule has 0 aromatic heterocycles. The summed E-state index contributed by atoms with van der Waals surface area (Å²) in [6.45, 7) is 5.35. The van der Waals surface area contributed by atoms with Crippen molar-refractivity contribution in [3.8, 4) is 5.75 Å². The van der Waals surface area contributed by atoms with Gasteiger partial charge < -0.3 is 10.5 Å². The second-order valence-electron chi connectivity index (χ2n) is 5.21. The van der Waals surface area contributed by atoms with Crippen molar-refractivity contribution < 1.29 is 13.2 Å². The molecular formula is C14H22ClNO3S. The summed E-state index contributed by atoms with van der Waals surface area (Å²) in [5.41, 5.74) is 6.76. The van der Waals surface area contributed by atoms with Crippen LogP contribution in [0.3, 0.4) is 0 Å². The van der Waals surface area contributed by atoms with Gasteiger partial charge in [0.05, 0.1) is 16.0 Å². The maximum absolute atomic E-state index is 11.7. The Hall–Kier alpha value is -0.780. The van der Waals surface area contributed by atoms with Crippen LogP contribution in [0, 0.1) is 0 Å². The molecule has 0 radical (unpaired) electrons. The largest absolute Gasteiger partial charge is 0.491 e. The average Bonchev–Trinajstić information content (AvgIpc) is 2.30. The summed E-state index contributed by atoms with van der Waals surface area (Å²) in [5, 5.41) is 0.0834. The lowest BCUT2D eigenvalue weighted by molar-refractivity contribution is 0.340. The summed E-state index contributed by atoms with van der Waals surface area (Å²) < 4.78 is 28.7. The Balaban J connectivity index is 2.61. The van der Waals surface area contributed by atoms with Gasteiger partial charge in [-0.05, 0) is 44.9 Å². The fourth-order valence-electron chi connectivity index (χ4n) is 1.66. The molecular weight excluding hydrogens is 298 g/mol. The molecule has 1 rings (SSSR count). The van der Waals surface area contributed by atoms with E-state index in [1.807, 2.05) is 13.0 Å². The van der Waals surface area contributed by atoms with Crippen molar-refractivity contribution in [2.45, 2.75) is 38.5 Å². The van der Waals surface area contributed by atoms with Gasteiger partial charge in [0.2, 0.25) is 0 Å². The fourth-order valence-corrected chi connectivity index (χ4v) is 2.71. The SMILES string of the molecule is CC(N)Cc1ccc(OCCS(=O)(=O)C(C)C)c(Cl)c1. The first kappa shape index (κ1) is 17.3. The first-order chi connectivity index (χ1) is 9.22. The standard InChI is InChI=1S/C14H22ClNO3S/c1-10(2)20(17,18)7-6-19-14-5-4-12(8-11(3)16)9-13(14)15/h4-5,9-11H,6-8,16H2,1-3H3. The molecule has 0 bridgehead atoms. The third-order valence-corrected chi connectivity index (χ3v) is 5.37. The van der Waals surface area contributed by atoms with Crippen LogP contribution < -0.4 is 10.5 Å². The molecule has 6 heteroatoms. The number of nitrogens with two attached hydrogens (primary N) is 1. The predicted octanol–water partition coefficient (Wildman–Crippen LogP) is 2.43. The Labute approximate surface area is 126 Å². The lowest BCUT2D eigenvalue weighted by atomic mass is 10.1. The summed E-state index contributed by atoms with van der Waals surface area (Å²) >= 11 is 6.11. The van der Waals surface area contributed by atoms with Gasteiger partial charge in [-0.1, -0.05) is 17.7 Å². The zero-order chi connectivity index (χ0) is 15.3. The van der Waals surface area contributed by atoms with Crippen LogP contribution in [0.15, 0.2) is 18.2 Å². The Kier molecular flexibility index (Phi) is 6.30. The molecule has 0 aliphatic heterocycles. The van der Waals surface area contributed by atoms with Gasteiger partial charge in [0.1, 0.15) is 12.4 Å². The lowest BCUT2D eigenvalue weighted by Gasteiger charge is -2.12. The molecule has 1 aromatic rings. The number of benzene rings is 1. The van der Waals surface area contributed by atoms with Crippen LogP contribution in [0.1, 0.15) is 26.3 Å². The van der Waals surface area contributed by atoms with Gasteiger partial charge in [0.15, 0.2) is 9.84 Å².